The van der Waals surface area contributed by atoms with Crippen LogP contribution in [0.15, 0.2) is 12.2 Å². The summed E-state index contributed by atoms with van der Waals surface area (Å²) in [5.41, 5.74) is -0.113. The highest BCUT2D eigenvalue weighted by molar-refractivity contribution is 5.79. The first-order valence-corrected chi connectivity index (χ1v) is 7.08. The smallest absolute Gasteiger partial charge is 0.226 e. The van der Waals surface area contributed by atoms with Crippen molar-refractivity contribution >= 4 is 5.91 Å². The Morgan fingerprint density at radius 2 is 2.22 bits per heavy atom. The van der Waals surface area contributed by atoms with Gasteiger partial charge in [0.1, 0.15) is 0 Å². The molecule has 3 rings (SSSR count). The van der Waals surface area contributed by atoms with Crippen molar-refractivity contribution in [3.05, 3.63) is 12.2 Å². The van der Waals surface area contributed by atoms with Gasteiger partial charge in [-0.3, -0.25) is 4.79 Å². The van der Waals surface area contributed by atoms with Crippen LogP contribution in [0.25, 0.3) is 0 Å². The van der Waals surface area contributed by atoms with Crippen molar-refractivity contribution in [2.45, 2.75) is 31.3 Å². The molecule has 0 saturated carbocycles. The Hall–Kier alpha value is -0.870. The molecule has 4 heteroatoms. The van der Waals surface area contributed by atoms with Crippen molar-refractivity contribution in [2.75, 3.05) is 32.8 Å². The predicted molar refractivity (Wildman–Crippen MR) is 69.2 cm³/mol. The Balaban J connectivity index is 1.64. The zero-order valence-electron chi connectivity index (χ0n) is 10.9. The number of hydrogen-bond acceptors (Lipinski definition) is 3. The molecular weight excluding hydrogens is 228 g/mol. The summed E-state index contributed by atoms with van der Waals surface area (Å²) in [7, 11) is 0. The monoisotopic (exact) mass is 250 g/mol. The summed E-state index contributed by atoms with van der Waals surface area (Å²) in [6.45, 7) is 4.19. The number of allylic oxidation sites excluding steroid dienone is 2. The number of carbonyl (C=O) groups excluding carboxylic acids is 1. The van der Waals surface area contributed by atoms with E-state index in [0.29, 0.717) is 12.5 Å². The summed E-state index contributed by atoms with van der Waals surface area (Å²) in [5.74, 6) is 0.518. The highest BCUT2D eigenvalue weighted by Gasteiger charge is 2.40. The maximum atomic E-state index is 12.4. The fourth-order valence-corrected chi connectivity index (χ4v) is 3.31. The molecule has 2 saturated heterocycles. The second kappa shape index (κ2) is 5.02. The van der Waals surface area contributed by atoms with Crippen molar-refractivity contribution in [2.24, 2.45) is 5.92 Å². The molecule has 1 amide bonds. The summed E-state index contributed by atoms with van der Waals surface area (Å²) < 4.78 is 5.98. The maximum absolute atomic E-state index is 12.4. The number of nitrogens with zero attached hydrogens (tertiary/aromatic N) is 1. The lowest BCUT2D eigenvalue weighted by atomic mass is 9.91. The average molecular weight is 250 g/mol. The predicted octanol–water partition coefficient (Wildman–Crippen LogP) is 0.934. The minimum atomic E-state index is -0.113. The first-order chi connectivity index (χ1) is 8.79. The van der Waals surface area contributed by atoms with Crippen LogP contribution < -0.4 is 5.32 Å². The standard InChI is InChI=1S/C14H22N2O2/c17-13(12-4-1-2-5-12)16-8-9-18-14(11-16)6-3-7-15-10-14/h1-2,12,15H,3-11H2/t14-/m1/s1. The third-order valence-corrected chi connectivity index (χ3v) is 4.35. The average Bonchev–Trinajstić information content (AvgIpc) is 2.93. The quantitative estimate of drug-likeness (QED) is 0.704. The molecule has 2 aliphatic heterocycles. The molecule has 0 aromatic rings. The highest BCUT2D eigenvalue weighted by atomic mass is 16.5. The second-order valence-corrected chi connectivity index (χ2v) is 5.71. The van der Waals surface area contributed by atoms with Gasteiger partial charge in [0.25, 0.3) is 0 Å². The van der Waals surface area contributed by atoms with E-state index in [2.05, 4.69) is 17.5 Å². The molecule has 2 heterocycles. The van der Waals surface area contributed by atoms with Gasteiger partial charge in [0, 0.05) is 19.0 Å². The molecule has 18 heavy (non-hydrogen) atoms. The lowest BCUT2D eigenvalue weighted by molar-refractivity contribution is -0.156. The first-order valence-electron chi connectivity index (χ1n) is 7.08. The zero-order chi connectivity index (χ0) is 12.4. The minimum absolute atomic E-state index is 0.113. The molecule has 0 unspecified atom stereocenters. The van der Waals surface area contributed by atoms with Gasteiger partial charge < -0.3 is 15.0 Å². The molecule has 3 aliphatic rings. The molecule has 0 aromatic heterocycles. The third-order valence-electron chi connectivity index (χ3n) is 4.35. The molecule has 1 spiro atoms. The molecule has 2 fully saturated rings. The van der Waals surface area contributed by atoms with Crippen LogP contribution in [0, 0.1) is 5.92 Å². The van der Waals surface area contributed by atoms with Gasteiger partial charge in [-0.05, 0) is 32.2 Å². The summed E-state index contributed by atoms with van der Waals surface area (Å²) in [4.78, 5) is 14.5. The van der Waals surface area contributed by atoms with Gasteiger partial charge >= 0.3 is 0 Å². The fraction of sp³-hybridized carbons (Fsp3) is 0.786. The normalized spacial score (nSPS) is 33.2. The molecule has 1 N–H and O–H groups in total. The first kappa shape index (κ1) is 12.2. The van der Waals surface area contributed by atoms with Crippen LogP contribution in [0.3, 0.4) is 0 Å². The van der Waals surface area contributed by atoms with E-state index in [-0.39, 0.29) is 11.5 Å². The number of carbonyl (C=O) groups is 1. The number of amides is 1. The molecule has 4 nitrogen and oxygen atoms in total. The molecule has 0 aromatic carbocycles. The van der Waals surface area contributed by atoms with Gasteiger partial charge in [-0.15, -0.1) is 0 Å². The van der Waals surface area contributed by atoms with E-state index >= 15 is 0 Å². The van der Waals surface area contributed by atoms with Crippen LogP contribution in [0.5, 0.6) is 0 Å². The van der Waals surface area contributed by atoms with Gasteiger partial charge in [0.15, 0.2) is 0 Å². The van der Waals surface area contributed by atoms with Crippen molar-refractivity contribution in [3.63, 3.8) is 0 Å². The Morgan fingerprint density at radius 1 is 1.39 bits per heavy atom. The van der Waals surface area contributed by atoms with E-state index in [0.717, 1.165) is 51.9 Å². The number of rotatable bonds is 1. The fourth-order valence-electron chi connectivity index (χ4n) is 3.31. The van der Waals surface area contributed by atoms with Crippen LogP contribution >= 0.6 is 0 Å². The number of nitrogens with one attached hydrogen (secondary N) is 1. The van der Waals surface area contributed by atoms with Crippen LogP contribution in [0.4, 0.5) is 0 Å². The van der Waals surface area contributed by atoms with Crippen molar-refractivity contribution in [3.8, 4) is 0 Å². The van der Waals surface area contributed by atoms with Crippen LogP contribution in [0.2, 0.25) is 0 Å². The largest absolute Gasteiger partial charge is 0.370 e. The highest BCUT2D eigenvalue weighted by Crippen LogP contribution is 2.28. The van der Waals surface area contributed by atoms with E-state index in [9.17, 15) is 4.79 Å². The molecule has 100 valence electrons. The maximum Gasteiger partial charge on any atom is 0.226 e. The van der Waals surface area contributed by atoms with Crippen LogP contribution in [0.1, 0.15) is 25.7 Å². The number of morpholine rings is 1. The Morgan fingerprint density at radius 3 is 2.94 bits per heavy atom. The lowest BCUT2D eigenvalue weighted by Crippen LogP contribution is -2.60. The van der Waals surface area contributed by atoms with Gasteiger partial charge in [-0.1, -0.05) is 12.2 Å². The number of ether oxygens (including phenoxy) is 1. The SMILES string of the molecule is O=C(C1CC=CC1)N1CCO[C@@]2(CCCNC2)C1. The van der Waals surface area contributed by atoms with Crippen molar-refractivity contribution in [1.82, 2.24) is 10.2 Å². The van der Waals surface area contributed by atoms with Gasteiger partial charge in [0.2, 0.25) is 5.91 Å². The third kappa shape index (κ3) is 2.31. The Kier molecular flexibility index (Phi) is 3.39. The summed E-state index contributed by atoms with van der Waals surface area (Å²) in [5, 5.41) is 3.40. The zero-order valence-corrected chi connectivity index (χ0v) is 10.9. The molecular formula is C14H22N2O2. The molecule has 0 bridgehead atoms. The molecule has 0 radical (unpaired) electrons. The van der Waals surface area contributed by atoms with Crippen molar-refractivity contribution in [1.29, 1.82) is 0 Å². The van der Waals surface area contributed by atoms with Gasteiger partial charge in [0.05, 0.1) is 18.8 Å². The summed E-state index contributed by atoms with van der Waals surface area (Å²) >= 11 is 0. The van der Waals surface area contributed by atoms with Gasteiger partial charge in [-0.2, -0.15) is 0 Å². The number of hydrogen-bond donors (Lipinski definition) is 1. The molecule has 1 atom stereocenters. The van der Waals surface area contributed by atoms with E-state index in [1.165, 1.54) is 0 Å². The summed E-state index contributed by atoms with van der Waals surface area (Å²) in [6.07, 6.45) is 8.31. The lowest BCUT2D eigenvalue weighted by Gasteiger charge is -2.45. The van der Waals surface area contributed by atoms with Crippen LogP contribution in [-0.2, 0) is 9.53 Å². The van der Waals surface area contributed by atoms with E-state index in [1.807, 2.05) is 4.90 Å². The van der Waals surface area contributed by atoms with E-state index < -0.39 is 0 Å². The van der Waals surface area contributed by atoms with Gasteiger partial charge in [-0.25, -0.2) is 0 Å². The topological polar surface area (TPSA) is 41.6 Å². The van der Waals surface area contributed by atoms with Crippen LogP contribution in [-0.4, -0.2) is 49.2 Å². The van der Waals surface area contributed by atoms with E-state index in [4.69, 9.17) is 4.74 Å². The molecule has 1 aliphatic carbocycles. The van der Waals surface area contributed by atoms with Crippen molar-refractivity contribution < 1.29 is 9.53 Å². The summed E-state index contributed by atoms with van der Waals surface area (Å²) in [6, 6.07) is 0. The second-order valence-electron chi connectivity index (χ2n) is 5.71. The minimum Gasteiger partial charge on any atom is -0.370 e. The Bertz CT molecular complexity index is 334. The van der Waals surface area contributed by atoms with E-state index in [1.54, 1.807) is 0 Å². The number of piperidine rings is 1. The Labute approximate surface area is 108 Å².